The number of carbonyl (C=O) groups is 12. The smallest absolute Gasteiger partial charge is 0.382 e. The molecule has 1 spiro atoms. The van der Waals surface area contributed by atoms with Gasteiger partial charge in [-0.3, -0.25) is 57.5 Å². The van der Waals surface area contributed by atoms with Gasteiger partial charge in [0, 0.05) is 96.7 Å². The van der Waals surface area contributed by atoms with Crippen molar-refractivity contribution in [1.29, 1.82) is 0 Å². The summed E-state index contributed by atoms with van der Waals surface area (Å²) in [7, 11) is 13.3. The monoisotopic (exact) mass is 1530 g/mol. The van der Waals surface area contributed by atoms with E-state index < -0.39 is 211 Å². The minimum Gasteiger partial charge on any atom is -0.382 e. The summed E-state index contributed by atoms with van der Waals surface area (Å²) >= 11 is 0. The molecule has 5 fully saturated rings. The number of alkyl halides is 6. The predicted molar refractivity (Wildman–Crippen MR) is 381 cm³/mol. The molecular weight excluding hydrogens is 1410 g/mol. The molecule has 3 unspecified atom stereocenters. The number of carbonyl (C=O) groups excluding carboxylic acids is 12. The molecule has 0 aromatic carbocycles. The summed E-state index contributed by atoms with van der Waals surface area (Å²) in [5.74, 6) is -14.9. The number of methoxy groups -OCH3 is 2. The second kappa shape index (κ2) is 39.0. The number of hydrogen-bond acceptors (Lipinski definition) is 15. The molecule has 27 nitrogen and oxygen atoms in total. The van der Waals surface area contributed by atoms with E-state index in [9.17, 15) is 55.1 Å². The highest BCUT2D eigenvalue weighted by Crippen LogP contribution is 2.44. The number of fused-ring (bicyclic) bond motifs is 3. The Morgan fingerprint density at radius 1 is 0.654 bits per heavy atom. The molecule has 3 saturated carbocycles. The second-order valence-electron chi connectivity index (χ2n) is 30.7. The molecule has 2 bridgehead atoms. The van der Waals surface area contributed by atoms with Crippen LogP contribution in [0, 0.1) is 35.5 Å². The van der Waals surface area contributed by atoms with Gasteiger partial charge < -0.3 is 74.3 Å². The summed E-state index contributed by atoms with van der Waals surface area (Å²) in [6, 6.07) is -11.3. The third kappa shape index (κ3) is 21.9. The molecule has 3 N–H and O–H groups in total. The fourth-order valence-electron chi connectivity index (χ4n) is 16.3. The van der Waals surface area contributed by atoms with E-state index in [-0.39, 0.29) is 116 Å². The molecular formula is C74H118F6N12O15. The highest BCUT2D eigenvalue weighted by molar-refractivity contribution is 6.01. The lowest BCUT2D eigenvalue weighted by Gasteiger charge is -2.47. The van der Waals surface area contributed by atoms with Gasteiger partial charge >= 0.3 is 12.4 Å². The zero-order valence-corrected chi connectivity index (χ0v) is 65.2. The summed E-state index contributed by atoms with van der Waals surface area (Å²) in [5, 5.41) is 8.51. The third-order valence-corrected chi connectivity index (χ3v) is 23.5. The van der Waals surface area contributed by atoms with E-state index in [1.54, 1.807) is 32.9 Å². The van der Waals surface area contributed by atoms with Crippen molar-refractivity contribution in [3.05, 3.63) is 12.2 Å². The molecule has 3 aliphatic carbocycles. The molecule has 2 saturated heterocycles. The number of rotatable bonds is 16. The van der Waals surface area contributed by atoms with Crippen molar-refractivity contribution < 1.29 is 98.1 Å². The van der Waals surface area contributed by atoms with Crippen LogP contribution in [0.2, 0.25) is 0 Å². The van der Waals surface area contributed by atoms with Crippen molar-refractivity contribution in [2.45, 2.75) is 241 Å². The number of hydrogen-bond donors (Lipinski definition) is 3. The van der Waals surface area contributed by atoms with Gasteiger partial charge in [-0.25, -0.2) is 0 Å². The van der Waals surface area contributed by atoms with E-state index in [0.29, 0.717) is 25.7 Å². The number of nitrogens with one attached hydrogen (secondary N) is 3. The van der Waals surface area contributed by atoms with Crippen molar-refractivity contribution in [3.63, 3.8) is 0 Å². The van der Waals surface area contributed by atoms with Gasteiger partial charge in [0.05, 0.1) is 50.2 Å². The largest absolute Gasteiger partial charge is 0.394 e. The topological polar surface area (TPSA) is 298 Å². The SMILES string of the molecule is CCO[C@@H]1C[C@H]2C(=O)NC3(CCC3)C(=O)N(C)[C@@H](C(CC)CC)C(=O)N(C)[C@H](C(=O)N(C)C)CC(=O)N(C)[C@@H](COC)C(=O)N[C@@H]([C@@H](C)CC)C(=O)N(C)CC(=O)N(C)[C@H]3C/C=C\CCN(C3=O)[C@@H](CC3CCC(C(F)(F)F)CC3)C(=O)N(C)CC(=O)N[C@@H](CCC3CCC(C(F)(F)F)C(OC)C3)C(=O)N2C1. The Morgan fingerprint density at radius 2 is 1.29 bits per heavy atom. The Morgan fingerprint density at radius 3 is 1.85 bits per heavy atom. The number of likely N-dealkylation sites (N-methyl/N-ethyl adjacent to an activating group) is 7. The molecule has 6 rings (SSSR count). The summed E-state index contributed by atoms with van der Waals surface area (Å²) in [6.45, 7) is 6.73. The second-order valence-corrected chi connectivity index (χ2v) is 30.7. The Hall–Kier alpha value is -7.16. The first-order chi connectivity index (χ1) is 50.2. The number of halogens is 6. The lowest BCUT2D eigenvalue weighted by atomic mass is 9.74. The zero-order chi connectivity index (χ0) is 79.9. The van der Waals surface area contributed by atoms with Gasteiger partial charge in [0.1, 0.15) is 53.9 Å². The van der Waals surface area contributed by atoms with Crippen molar-refractivity contribution in [2.75, 3.05) is 110 Å². The van der Waals surface area contributed by atoms with Gasteiger partial charge in [-0.1, -0.05) is 59.1 Å². The summed E-state index contributed by atoms with van der Waals surface area (Å²) < 4.78 is 102. The van der Waals surface area contributed by atoms with E-state index in [0.717, 1.165) is 24.5 Å². The normalized spacial score (nSPS) is 30.5. The van der Waals surface area contributed by atoms with Crippen LogP contribution in [0.3, 0.4) is 0 Å². The first-order valence-electron chi connectivity index (χ1n) is 38.0. The Bertz CT molecular complexity index is 3150. The van der Waals surface area contributed by atoms with Crippen molar-refractivity contribution in [3.8, 4) is 0 Å². The number of nitrogens with zero attached hydrogens (tertiary/aromatic N) is 9. The van der Waals surface area contributed by atoms with E-state index >= 15 is 28.8 Å². The van der Waals surface area contributed by atoms with Crippen molar-refractivity contribution in [2.24, 2.45) is 35.5 Å². The maximum atomic E-state index is 15.6. The molecule has 0 radical (unpaired) electrons. The van der Waals surface area contributed by atoms with Gasteiger partial charge in [0.2, 0.25) is 70.9 Å². The highest BCUT2D eigenvalue weighted by atomic mass is 19.4. The van der Waals surface area contributed by atoms with Gasteiger partial charge in [-0.15, -0.1) is 0 Å². The van der Waals surface area contributed by atoms with Crippen LogP contribution < -0.4 is 16.0 Å². The van der Waals surface area contributed by atoms with Crippen LogP contribution in [-0.4, -0.2) is 303 Å². The molecule has 107 heavy (non-hydrogen) atoms. The third-order valence-electron chi connectivity index (χ3n) is 23.5. The van der Waals surface area contributed by atoms with E-state index in [2.05, 4.69) is 16.0 Å². The highest BCUT2D eigenvalue weighted by Gasteiger charge is 2.54. The van der Waals surface area contributed by atoms with Crippen LogP contribution >= 0.6 is 0 Å². The number of amides is 12. The Labute approximate surface area is 625 Å². The fraction of sp³-hybridized carbons (Fsp3) is 0.811. The average molecular weight is 1530 g/mol. The molecule has 0 aromatic rings. The van der Waals surface area contributed by atoms with Crippen LogP contribution in [-0.2, 0) is 71.7 Å². The van der Waals surface area contributed by atoms with Gasteiger partial charge in [-0.05, 0) is 127 Å². The lowest BCUT2D eigenvalue weighted by molar-refractivity contribution is -0.215. The van der Waals surface area contributed by atoms with Crippen LogP contribution in [0.4, 0.5) is 26.3 Å². The standard InChI is InChI=1S/C74H118F6N12O15/c1-16-44(5)61-69(102)86(9)42-60(95)87(10)52-24-21-20-22-35-91(68(52)101)55(36-45-25-29-48(30-26-45)73(75,76)77)67(100)85(8)41-58(93)81-51(32-28-46-27-31-50(74(78,79)80)57(37-46)106-15)65(98)92-40-49(107-19-4)38-53(92)64(97)83-72(33-23-34-72)71(104)90(13)62(47(17-2)18-3)70(103)89(12)54(66(99)84(6)7)39-59(94)88(11)56(43-105-14)63(96)82-61/h20-21,44-57,61-62H,16-19,22-43H2,1-15H3,(H,81,93)(H,82,96)(H,83,97)/b21-20-/t44-,45?,46?,48?,49+,50?,51-,52-,53-,54-,55-,56-,57?,61-,62-/m0/s1. The molecule has 33 heteroatoms. The maximum absolute atomic E-state index is 15.6. The molecule has 13 atom stereocenters. The quantitative estimate of drug-likeness (QED) is 0.136. The first-order valence-corrected chi connectivity index (χ1v) is 38.0. The maximum Gasteiger partial charge on any atom is 0.394 e. The van der Waals surface area contributed by atoms with Crippen LogP contribution in [0.25, 0.3) is 0 Å². The molecule has 606 valence electrons. The number of ether oxygens (including phenoxy) is 3. The van der Waals surface area contributed by atoms with Crippen LogP contribution in [0.5, 0.6) is 0 Å². The van der Waals surface area contributed by atoms with Gasteiger partial charge in [0.15, 0.2) is 0 Å². The summed E-state index contributed by atoms with van der Waals surface area (Å²) in [4.78, 5) is 191. The van der Waals surface area contributed by atoms with E-state index in [4.69, 9.17) is 14.2 Å². The summed E-state index contributed by atoms with van der Waals surface area (Å²) in [6.07, 6.45) is -7.72. The van der Waals surface area contributed by atoms with Gasteiger partial charge in [0.25, 0.3) is 0 Å². The van der Waals surface area contributed by atoms with Gasteiger partial charge in [-0.2, -0.15) is 26.3 Å². The fourth-order valence-corrected chi connectivity index (χ4v) is 16.3. The zero-order valence-electron chi connectivity index (χ0n) is 65.2. The minimum absolute atomic E-state index is 0.0281. The average Bonchev–Trinajstić information content (AvgIpc) is 1.64. The van der Waals surface area contributed by atoms with Crippen molar-refractivity contribution >= 4 is 70.9 Å². The first kappa shape index (κ1) is 88.7. The molecule has 12 amide bonds. The molecule has 3 aliphatic heterocycles. The van der Waals surface area contributed by atoms with Crippen LogP contribution in [0.15, 0.2) is 12.2 Å². The minimum atomic E-state index is -4.57. The Kier molecular flexibility index (Phi) is 32.3. The predicted octanol–water partition coefficient (Wildman–Crippen LogP) is 4.93. The van der Waals surface area contributed by atoms with E-state index in [1.165, 1.54) is 90.2 Å². The molecule has 0 aromatic heterocycles. The Balaban J connectivity index is 1.48. The van der Waals surface area contributed by atoms with E-state index in [1.807, 2.05) is 13.8 Å². The van der Waals surface area contributed by atoms with Crippen LogP contribution in [0.1, 0.15) is 163 Å². The lowest BCUT2D eigenvalue weighted by Crippen LogP contribution is -2.68. The molecule has 3 heterocycles. The van der Waals surface area contributed by atoms with Crippen molar-refractivity contribution in [1.82, 2.24) is 60.0 Å². The molecule has 6 aliphatic rings. The summed E-state index contributed by atoms with van der Waals surface area (Å²) in [5.41, 5.74) is -1.66.